The van der Waals surface area contributed by atoms with E-state index in [1.165, 1.54) is 24.2 Å². The summed E-state index contributed by atoms with van der Waals surface area (Å²) in [7, 11) is 2.01. The maximum Gasteiger partial charge on any atom is 0.419 e. The van der Waals surface area contributed by atoms with E-state index in [1.807, 2.05) is 19.3 Å². The second-order valence-corrected chi connectivity index (χ2v) is 8.08. The Morgan fingerprint density at radius 3 is 2.71 bits per heavy atom. The fourth-order valence-electron chi connectivity index (χ4n) is 3.50. The summed E-state index contributed by atoms with van der Waals surface area (Å²) < 4.78 is 51.6. The summed E-state index contributed by atoms with van der Waals surface area (Å²) in [5.41, 5.74) is -0.421. The zero-order valence-corrected chi connectivity index (χ0v) is 15.8. The molecule has 1 aliphatic rings. The van der Waals surface area contributed by atoms with Gasteiger partial charge in [-0.2, -0.15) is 13.2 Å². The van der Waals surface area contributed by atoms with Crippen molar-refractivity contribution in [2.75, 3.05) is 17.7 Å². The highest BCUT2D eigenvalue weighted by Crippen LogP contribution is 2.39. The number of fused-ring (bicyclic) bond motifs is 1. The Morgan fingerprint density at radius 2 is 2.00 bits per heavy atom. The lowest BCUT2D eigenvalue weighted by molar-refractivity contribution is -0.140. The average molecular weight is 410 g/mol. The van der Waals surface area contributed by atoms with Gasteiger partial charge in [0.2, 0.25) is 0 Å². The predicted octanol–water partition coefficient (Wildman–Crippen LogP) is 5.12. The van der Waals surface area contributed by atoms with E-state index in [-0.39, 0.29) is 0 Å². The van der Waals surface area contributed by atoms with Crippen LogP contribution in [0, 0.1) is 11.7 Å². The quantitative estimate of drug-likeness (QED) is 0.468. The van der Waals surface area contributed by atoms with E-state index in [0.717, 1.165) is 47.6 Å². The third kappa shape index (κ3) is 3.67. The lowest BCUT2D eigenvalue weighted by Gasteiger charge is -2.41. The number of halogens is 4. The topological polar surface area (TPSA) is 44.8 Å². The van der Waals surface area contributed by atoms with Crippen molar-refractivity contribution >= 4 is 28.6 Å². The van der Waals surface area contributed by atoms with Gasteiger partial charge in [0, 0.05) is 29.9 Å². The monoisotopic (exact) mass is 410 g/mol. The number of hydrogen-bond donors (Lipinski definition) is 1. The predicted molar refractivity (Wildman–Crippen MR) is 101 cm³/mol. The van der Waals surface area contributed by atoms with Crippen molar-refractivity contribution in [1.82, 2.24) is 15.0 Å². The molecule has 4 nitrogen and oxygen atoms in total. The van der Waals surface area contributed by atoms with Crippen LogP contribution in [-0.4, -0.2) is 33.8 Å². The largest absolute Gasteiger partial charge is 0.419 e. The summed E-state index contributed by atoms with van der Waals surface area (Å²) >= 11 is 1.39. The smallest absolute Gasteiger partial charge is 0.356 e. The number of benzene rings is 1. The minimum absolute atomic E-state index is 0.350. The van der Waals surface area contributed by atoms with Gasteiger partial charge in [-0.25, -0.2) is 14.4 Å². The van der Waals surface area contributed by atoms with Gasteiger partial charge in [-0.05, 0) is 43.0 Å². The van der Waals surface area contributed by atoms with E-state index in [9.17, 15) is 17.6 Å². The summed E-state index contributed by atoms with van der Waals surface area (Å²) in [6.45, 7) is 0. The molecule has 0 amide bonds. The summed E-state index contributed by atoms with van der Waals surface area (Å²) in [5.74, 6) is 0.847. The van der Waals surface area contributed by atoms with E-state index in [0.29, 0.717) is 16.9 Å². The average Bonchev–Trinajstić information content (AvgIpc) is 3.07. The first kappa shape index (κ1) is 19.0. The SMILES string of the molecule is CN(c1ncnc2[nH]ccc12)C1CC(CSc2ccc(C(F)(F)F)c(F)c2)C1. The summed E-state index contributed by atoms with van der Waals surface area (Å²) in [4.78, 5) is 14.3. The highest BCUT2D eigenvalue weighted by atomic mass is 32.2. The van der Waals surface area contributed by atoms with Crippen LogP contribution in [0.1, 0.15) is 18.4 Å². The zero-order valence-electron chi connectivity index (χ0n) is 15.0. The van der Waals surface area contributed by atoms with E-state index in [1.54, 1.807) is 0 Å². The molecule has 2 heterocycles. The molecule has 0 saturated heterocycles. The molecule has 0 aliphatic heterocycles. The van der Waals surface area contributed by atoms with E-state index >= 15 is 0 Å². The van der Waals surface area contributed by atoms with Crippen LogP contribution in [0.4, 0.5) is 23.4 Å². The maximum absolute atomic E-state index is 13.7. The number of nitrogens with one attached hydrogen (secondary N) is 1. The Labute approximate surface area is 163 Å². The van der Waals surface area contributed by atoms with Gasteiger partial charge < -0.3 is 9.88 Å². The second-order valence-electron chi connectivity index (χ2n) is 6.99. The van der Waals surface area contributed by atoms with Gasteiger partial charge in [-0.15, -0.1) is 11.8 Å². The number of H-pyrrole nitrogens is 1. The van der Waals surface area contributed by atoms with Gasteiger partial charge in [-0.1, -0.05) is 0 Å². The Hall–Kier alpha value is -2.29. The fraction of sp³-hybridized carbons (Fsp3) is 0.368. The zero-order chi connectivity index (χ0) is 19.9. The van der Waals surface area contributed by atoms with Crippen molar-refractivity contribution in [3.8, 4) is 0 Å². The third-order valence-corrected chi connectivity index (χ3v) is 6.38. The minimum atomic E-state index is -4.66. The molecule has 0 radical (unpaired) electrons. The molecule has 28 heavy (non-hydrogen) atoms. The van der Waals surface area contributed by atoms with Crippen molar-refractivity contribution in [2.45, 2.75) is 30.0 Å². The van der Waals surface area contributed by atoms with Crippen LogP contribution in [0.3, 0.4) is 0 Å². The van der Waals surface area contributed by atoms with Crippen molar-refractivity contribution in [1.29, 1.82) is 0 Å². The lowest BCUT2D eigenvalue weighted by atomic mass is 9.81. The van der Waals surface area contributed by atoms with Crippen molar-refractivity contribution < 1.29 is 17.6 Å². The van der Waals surface area contributed by atoms with E-state index in [2.05, 4.69) is 19.9 Å². The molecule has 3 aromatic rings. The van der Waals surface area contributed by atoms with Gasteiger partial charge >= 0.3 is 6.18 Å². The van der Waals surface area contributed by atoms with E-state index in [4.69, 9.17) is 0 Å². The van der Waals surface area contributed by atoms with Gasteiger partial charge in [0.05, 0.1) is 10.9 Å². The molecular formula is C19H18F4N4S. The molecule has 1 saturated carbocycles. The summed E-state index contributed by atoms with van der Waals surface area (Å²) in [5, 5.41) is 0.975. The molecule has 0 spiro atoms. The molecule has 4 rings (SSSR count). The molecular weight excluding hydrogens is 392 g/mol. The highest BCUT2D eigenvalue weighted by molar-refractivity contribution is 7.99. The van der Waals surface area contributed by atoms with Crippen molar-refractivity contribution in [3.05, 3.63) is 48.2 Å². The second kappa shape index (κ2) is 7.27. The number of nitrogens with zero attached hydrogens (tertiary/aromatic N) is 3. The first-order valence-corrected chi connectivity index (χ1v) is 9.82. The normalized spacial score (nSPS) is 19.6. The fourth-order valence-corrected chi connectivity index (χ4v) is 4.55. The summed E-state index contributed by atoms with van der Waals surface area (Å²) in [6.07, 6.45) is 0.631. The maximum atomic E-state index is 13.7. The van der Waals surface area contributed by atoms with Gasteiger partial charge in [0.15, 0.2) is 0 Å². The first-order valence-electron chi connectivity index (χ1n) is 8.83. The number of thioether (sulfide) groups is 1. The number of alkyl halides is 3. The molecule has 2 aromatic heterocycles. The molecule has 9 heteroatoms. The molecule has 1 fully saturated rings. The van der Waals surface area contributed by atoms with Gasteiger partial charge in [-0.3, -0.25) is 0 Å². The lowest BCUT2D eigenvalue weighted by Crippen LogP contribution is -2.43. The molecule has 1 aliphatic carbocycles. The minimum Gasteiger partial charge on any atom is -0.356 e. The molecule has 0 bridgehead atoms. The number of aromatic nitrogens is 3. The van der Waals surface area contributed by atoms with Crippen molar-refractivity contribution in [3.63, 3.8) is 0 Å². The van der Waals surface area contributed by atoms with Gasteiger partial charge in [0.25, 0.3) is 0 Å². The number of hydrogen-bond acceptors (Lipinski definition) is 4. The van der Waals surface area contributed by atoms with E-state index < -0.39 is 17.6 Å². The van der Waals surface area contributed by atoms with Crippen LogP contribution >= 0.6 is 11.8 Å². The van der Waals surface area contributed by atoms with Crippen LogP contribution < -0.4 is 4.90 Å². The Kier molecular flexibility index (Phi) is 4.95. The molecule has 1 N–H and O–H groups in total. The van der Waals surface area contributed by atoms with Gasteiger partial charge in [0.1, 0.15) is 23.6 Å². The molecule has 1 aromatic carbocycles. The highest BCUT2D eigenvalue weighted by Gasteiger charge is 2.35. The standard InChI is InChI=1S/C19H18F4N4S/c1-27(18-14-4-5-24-17(14)25-10-26-18)12-6-11(7-12)9-28-13-2-3-15(16(20)8-13)19(21,22)23/h2-5,8,10-12H,6-7,9H2,1H3,(H,24,25,26). The number of anilines is 1. The Morgan fingerprint density at radius 1 is 1.21 bits per heavy atom. The Bertz CT molecular complexity index is 981. The van der Waals surface area contributed by atoms with Crippen LogP contribution in [-0.2, 0) is 6.18 Å². The first-order chi connectivity index (χ1) is 13.3. The van der Waals surface area contributed by atoms with Crippen LogP contribution in [0.5, 0.6) is 0 Å². The van der Waals surface area contributed by atoms with Crippen LogP contribution in [0.15, 0.2) is 41.7 Å². The number of rotatable bonds is 5. The van der Waals surface area contributed by atoms with Crippen LogP contribution in [0.2, 0.25) is 0 Å². The molecule has 0 unspecified atom stereocenters. The number of aromatic amines is 1. The van der Waals surface area contributed by atoms with Crippen molar-refractivity contribution in [2.24, 2.45) is 5.92 Å². The van der Waals surface area contributed by atoms with Crippen LogP contribution in [0.25, 0.3) is 11.0 Å². The third-order valence-electron chi connectivity index (χ3n) is 5.16. The molecule has 0 atom stereocenters. The molecule has 148 valence electrons. The summed E-state index contributed by atoms with van der Waals surface area (Å²) in [6, 6.07) is 5.42. The Balaban J connectivity index is 1.33.